The molecule has 1 aliphatic rings. The van der Waals surface area contributed by atoms with Crippen molar-refractivity contribution in [2.75, 3.05) is 36.8 Å². The first kappa shape index (κ1) is 19.9. The molecule has 0 saturated carbocycles. The highest BCUT2D eigenvalue weighted by molar-refractivity contribution is 6.09. The highest BCUT2D eigenvalue weighted by Crippen LogP contribution is 2.19. The number of carbonyl (C=O) groups excluding carboxylic acids is 1. The molecule has 0 aliphatic carbocycles. The van der Waals surface area contributed by atoms with Crippen molar-refractivity contribution in [3.8, 4) is 6.07 Å². The van der Waals surface area contributed by atoms with Crippen LogP contribution in [0.4, 0.5) is 16.3 Å². The van der Waals surface area contributed by atoms with Gasteiger partial charge in [0.25, 0.3) is 0 Å². The number of benzene rings is 1. The molecule has 3 rings (SSSR count). The van der Waals surface area contributed by atoms with E-state index in [0.29, 0.717) is 35.7 Å². The molecule has 2 amide bonds. The van der Waals surface area contributed by atoms with Crippen LogP contribution in [0, 0.1) is 16.7 Å². The lowest BCUT2D eigenvalue weighted by atomic mass is 10.1. The Hall–Kier alpha value is -3.90. The van der Waals surface area contributed by atoms with Crippen molar-refractivity contribution in [3.05, 3.63) is 59.6 Å². The molecule has 0 atom stereocenters. The number of amides is 2. The maximum absolute atomic E-state index is 12.2. The van der Waals surface area contributed by atoms with Crippen LogP contribution in [-0.2, 0) is 0 Å². The Morgan fingerprint density at radius 3 is 2.52 bits per heavy atom. The number of hydrogen-bond donors (Lipinski definition) is 5. The first-order valence-electron chi connectivity index (χ1n) is 9.04. The van der Waals surface area contributed by atoms with Gasteiger partial charge in [0.05, 0.1) is 29.1 Å². The Bertz CT molecular complexity index is 940. The highest BCUT2D eigenvalue weighted by Gasteiger charge is 2.16. The molecule has 0 unspecified atom stereocenters. The number of piperazine rings is 1. The lowest BCUT2D eigenvalue weighted by Gasteiger charge is -2.27. The number of rotatable bonds is 5. The molecular weight excluding hydrogens is 370 g/mol. The number of carbonyl (C=O) groups is 1. The van der Waals surface area contributed by atoms with E-state index in [0.717, 1.165) is 19.3 Å². The van der Waals surface area contributed by atoms with Crippen molar-refractivity contribution in [1.82, 2.24) is 15.2 Å². The molecule has 2 heterocycles. The number of hydrogen-bond acceptors (Lipinski definition) is 7. The number of nitriles is 1. The summed E-state index contributed by atoms with van der Waals surface area (Å²) < 4.78 is 0. The van der Waals surface area contributed by atoms with Crippen molar-refractivity contribution in [3.63, 3.8) is 0 Å². The number of nitrogens with one attached hydrogen (secondary N) is 4. The van der Waals surface area contributed by atoms with E-state index in [4.69, 9.17) is 10.7 Å². The van der Waals surface area contributed by atoms with Crippen LogP contribution in [0.15, 0.2) is 48.5 Å². The Morgan fingerprint density at radius 1 is 1.21 bits per heavy atom. The SMILES string of the molecule is N#Cc1ccc(/C(C=N)=C(\O)Nc2ccc(NC(=O)N3CCNCC3)cn2)cc1. The monoisotopic (exact) mass is 391 g/mol. The average molecular weight is 391 g/mol. The average Bonchev–Trinajstić information content (AvgIpc) is 2.76. The molecule has 29 heavy (non-hydrogen) atoms. The lowest BCUT2D eigenvalue weighted by Crippen LogP contribution is -2.48. The molecule has 148 valence electrons. The summed E-state index contributed by atoms with van der Waals surface area (Å²) in [6.07, 6.45) is 2.51. The van der Waals surface area contributed by atoms with E-state index in [2.05, 4.69) is 20.9 Å². The van der Waals surface area contributed by atoms with Crippen LogP contribution in [0.25, 0.3) is 5.57 Å². The minimum Gasteiger partial charge on any atom is -0.494 e. The number of anilines is 2. The number of urea groups is 1. The van der Waals surface area contributed by atoms with Gasteiger partial charge < -0.3 is 31.4 Å². The molecule has 9 nitrogen and oxygen atoms in total. The summed E-state index contributed by atoms with van der Waals surface area (Å²) in [5.74, 6) is 0.116. The molecule has 0 radical (unpaired) electrons. The van der Waals surface area contributed by atoms with Crippen LogP contribution in [0.1, 0.15) is 11.1 Å². The van der Waals surface area contributed by atoms with Gasteiger partial charge in [-0.2, -0.15) is 5.26 Å². The van der Waals surface area contributed by atoms with Crippen LogP contribution >= 0.6 is 0 Å². The van der Waals surface area contributed by atoms with Crippen molar-refractivity contribution in [2.24, 2.45) is 0 Å². The summed E-state index contributed by atoms with van der Waals surface area (Å²) in [7, 11) is 0. The molecule has 1 fully saturated rings. The molecule has 0 bridgehead atoms. The van der Waals surface area contributed by atoms with Gasteiger partial charge in [0.15, 0.2) is 5.88 Å². The summed E-state index contributed by atoms with van der Waals surface area (Å²) in [6.45, 7) is 2.85. The van der Waals surface area contributed by atoms with Gasteiger partial charge in [-0.3, -0.25) is 0 Å². The number of allylic oxidation sites excluding steroid dienone is 1. The number of nitrogens with zero attached hydrogens (tertiary/aromatic N) is 3. The quantitative estimate of drug-likeness (QED) is 0.392. The molecule has 5 N–H and O–H groups in total. The summed E-state index contributed by atoms with van der Waals surface area (Å²) in [5.41, 5.74) is 1.88. The van der Waals surface area contributed by atoms with Gasteiger partial charge in [-0.15, -0.1) is 0 Å². The van der Waals surface area contributed by atoms with Gasteiger partial charge in [0.1, 0.15) is 5.82 Å². The van der Waals surface area contributed by atoms with Crippen LogP contribution in [-0.4, -0.2) is 53.4 Å². The lowest BCUT2D eigenvalue weighted by molar-refractivity contribution is 0.204. The third kappa shape index (κ3) is 5.09. The fraction of sp³-hybridized carbons (Fsp3) is 0.200. The number of pyridine rings is 1. The molecule has 9 heteroatoms. The second-order valence-corrected chi connectivity index (χ2v) is 6.32. The molecule has 1 aromatic heterocycles. The minimum atomic E-state index is -0.241. The first-order valence-corrected chi connectivity index (χ1v) is 9.04. The van der Waals surface area contributed by atoms with Crippen molar-refractivity contribution >= 4 is 29.3 Å². The Morgan fingerprint density at radius 2 is 1.93 bits per heavy atom. The molecule has 1 aliphatic heterocycles. The molecular formula is C20H21N7O2. The second-order valence-electron chi connectivity index (χ2n) is 6.32. The van der Waals surface area contributed by atoms with E-state index >= 15 is 0 Å². The number of aliphatic hydroxyl groups excluding tert-OH is 1. The fourth-order valence-electron chi connectivity index (χ4n) is 2.81. The summed E-state index contributed by atoms with van der Waals surface area (Å²) in [6, 6.07) is 11.7. The first-order chi connectivity index (χ1) is 14.1. The molecule has 2 aromatic rings. The van der Waals surface area contributed by atoms with Gasteiger partial charge in [-0.25, -0.2) is 9.78 Å². The van der Waals surface area contributed by atoms with E-state index in [1.54, 1.807) is 41.3 Å². The predicted molar refractivity (Wildman–Crippen MR) is 111 cm³/mol. The summed E-state index contributed by atoms with van der Waals surface area (Å²) >= 11 is 0. The largest absolute Gasteiger partial charge is 0.494 e. The van der Waals surface area contributed by atoms with E-state index in [1.807, 2.05) is 6.07 Å². The minimum absolute atomic E-state index is 0.177. The standard InChI is InChI=1S/C20H21N7O2/c21-11-14-1-3-15(4-2-14)17(12-22)19(28)26-18-6-5-16(13-24-18)25-20(29)27-9-7-23-8-10-27/h1-6,12-13,22-23,28H,7-10H2,(H,24,26)(H,25,29)/b19-17-,22-12?. The van der Waals surface area contributed by atoms with Gasteiger partial charge >= 0.3 is 6.03 Å². The maximum Gasteiger partial charge on any atom is 0.321 e. The normalized spacial score (nSPS) is 14.4. The Balaban J connectivity index is 1.67. The number of aromatic nitrogens is 1. The van der Waals surface area contributed by atoms with E-state index in [-0.39, 0.29) is 17.5 Å². The van der Waals surface area contributed by atoms with Gasteiger partial charge in [-0.05, 0) is 29.8 Å². The summed E-state index contributed by atoms with van der Waals surface area (Å²) in [5, 5.41) is 35.5. The predicted octanol–water partition coefficient (Wildman–Crippen LogP) is 2.38. The smallest absolute Gasteiger partial charge is 0.321 e. The van der Waals surface area contributed by atoms with Crippen molar-refractivity contribution in [1.29, 1.82) is 10.7 Å². The zero-order valence-corrected chi connectivity index (χ0v) is 15.6. The van der Waals surface area contributed by atoms with E-state index in [1.165, 1.54) is 6.20 Å². The van der Waals surface area contributed by atoms with Crippen molar-refractivity contribution < 1.29 is 9.90 Å². The molecule has 1 saturated heterocycles. The third-order valence-electron chi connectivity index (χ3n) is 4.39. The third-order valence-corrected chi connectivity index (χ3v) is 4.39. The molecule has 1 aromatic carbocycles. The van der Waals surface area contributed by atoms with E-state index in [9.17, 15) is 9.90 Å². The fourth-order valence-corrected chi connectivity index (χ4v) is 2.81. The van der Waals surface area contributed by atoms with Gasteiger partial charge in [0, 0.05) is 32.4 Å². The van der Waals surface area contributed by atoms with Crippen LogP contribution in [0.2, 0.25) is 0 Å². The topological polar surface area (TPSA) is 137 Å². The zero-order chi connectivity index (χ0) is 20.6. The zero-order valence-electron chi connectivity index (χ0n) is 15.6. The highest BCUT2D eigenvalue weighted by atomic mass is 16.3. The Labute approximate surface area is 168 Å². The van der Waals surface area contributed by atoms with Crippen molar-refractivity contribution in [2.45, 2.75) is 0 Å². The summed E-state index contributed by atoms with van der Waals surface area (Å²) in [4.78, 5) is 18.1. The van der Waals surface area contributed by atoms with Crippen LogP contribution < -0.4 is 16.0 Å². The number of aliphatic hydroxyl groups is 1. The Kier molecular flexibility index (Phi) is 6.40. The second kappa shape index (κ2) is 9.34. The molecule has 0 spiro atoms. The van der Waals surface area contributed by atoms with Gasteiger partial charge in [-0.1, -0.05) is 12.1 Å². The maximum atomic E-state index is 12.2. The van der Waals surface area contributed by atoms with Crippen LogP contribution in [0.3, 0.4) is 0 Å². The van der Waals surface area contributed by atoms with Crippen LogP contribution in [0.5, 0.6) is 0 Å². The van der Waals surface area contributed by atoms with E-state index < -0.39 is 0 Å². The van der Waals surface area contributed by atoms with Gasteiger partial charge in [0.2, 0.25) is 0 Å².